The number of ether oxygens (including phenoxy) is 1. The van der Waals surface area contributed by atoms with Crippen molar-refractivity contribution in [3.05, 3.63) is 27.2 Å². The second-order valence-electron chi connectivity index (χ2n) is 2.87. The number of rotatable bonds is 2. The Hall–Kier alpha value is -0.750. The van der Waals surface area contributed by atoms with Gasteiger partial charge in [-0.05, 0) is 35.0 Å². The number of Topliss-reactive ketones (excluding diaryl/α,β-unsaturated/α-hetero) is 1. The first-order valence-corrected chi connectivity index (χ1v) is 5.13. The summed E-state index contributed by atoms with van der Waals surface area (Å²) in [6.45, 7) is 1.20. The number of benzene rings is 1. The van der Waals surface area contributed by atoms with Gasteiger partial charge in [-0.25, -0.2) is 0 Å². The van der Waals surface area contributed by atoms with Crippen molar-refractivity contribution >= 4 is 33.3 Å². The Morgan fingerprint density at radius 1 is 1.44 bits per heavy atom. The maximum absolute atomic E-state index is 12.0. The highest BCUT2D eigenvalue weighted by molar-refractivity contribution is 9.10. The Morgan fingerprint density at radius 2 is 2.00 bits per heavy atom. The molecule has 0 heterocycles. The van der Waals surface area contributed by atoms with Gasteiger partial charge in [-0.1, -0.05) is 11.6 Å². The quantitative estimate of drug-likeness (QED) is 0.764. The molecule has 0 aromatic heterocycles. The molecule has 0 atom stereocenters. The number of alkyl halides is 3. The van der Waals surface area contributed by atoms with Gasteiger partial charge >= 0.3 is 6.36 Å². The van der Waals surface area contributed by atoms with Crippen LogP contribution < -0.4 is 4.74 Å². The fraction of sp³-hybridized carbons (Fsp3) is 0.222. The minimum absolute atomic E-state index is 0.0321. The summed E-state index contributed by atoms with van der Waals surface area (Å²) in [7, 11) is 0. The number of carbonyl (C=O) groups is 1. The van der Waals surface area contributed by atoms with E-state index in [1.165, 1.54) is 6.92 Å². The van der Waals surface area contributed by atoms with Crippen molar-refractivity contribution in [2.75, 3.05) is 0 Å². The molecule has 0 saturated carbocycles. The lowest BCUT2D eigenvalue weighted by Gasteiger charge is -2.11. The SMILES string of the molecule is CC(=O)c1cc(OC(F)(F)F)cc(Br)c1Cl. The van der Waals surface area contributed by atoms with Crippen LogP contribution >= 0.6 is 27.5 Å². The largest absolute Gasteiger partial charge is 0.573 e. The highest BCUT2D eigenvalue weighted by Crippen LogP contribution is 2.33. The van der Waals surface area contributed by atoms with Gasteiger partial charge in [-0.3, -0.25) is 4.79 Å². The zero-order chi connectivity index (χ0) is 12.5. The summed E-state index contributed by atoms with van der Waals surface area (Å²) in [6.07, 6.45) is -4.80. The van der Waals surface area contributed by atoms with E-state index in [4.69, 9.17) is 11.6 Å². The third-order valence-electron chi connectivity index (χ3n) is 1.61. The van der Waals surface area contributed by atoms with Crippen LogP contribution in [0.3, 0.4) is 0 Å². The van der Waals surface area contributed by atoms with E-state index >= 15 is 0 Å². The van der Waals surface area contributed by atoms with Gasteiger partial charge in [-0.2, -0.15) is 0 Å². The first-order valence-electron chi connectivity index (χ1n) is 3.96. The lowest BCUT2D eigenvalue weighted by Crippen LogP contribution is -2.17. The molecule has 16 heavy (non-hydrogen) atoms. The Labute approximate surface area is 102 Å². The number of ketones is 1. The van der Waals surface area contributed by atoms with Crippen LogP contribution in [-0.2, 0) is 0 Å². The highest BCUT2D eigenvalue weighted by atomic mass is 79.9. The van der Waals surface area contributed by atoms with Crippen LogP contribution in [0.5, 0.6) is 5.75 Å². The minimum atomic E-state index is -4.80. The summed E-state index contributed by atoms with van der Waals surface area (Å²) < 4.78 is 39.7. The monoisotopic (exact) mass is 316 g/mol. The molecule has 0 radical (unpaired) electrons. The number of hydrogen-bond donors (Lipinski definition) is 0. The molecule has 0 bridgehead atoms. The molecule has 7 heteroatoms. The van der Waals surface area contributed by atoms with Crippen LogP contribution in [0.15, 0.2) is 16.6 Å². The zero-order valence-electron chi connectivity index (χ0n) is 7.86. The van der Waals surface area contributed by atoms with Crippen molar-refractivity contribution < 1.29 is 22.7 Å². The maximum Gasteiger partial charge on any atom is 0.573 e. The molecule has 1 aromatic carbocycles. The lowest BCUT2D eigenvalue weighted by molar-refractivity contribution is -0.274. The van der Waals surface area contributed by atoms with Crippen molar-refractivity contribution in [2.24, 2.45) is 0 Å². The van der Waals surface area contributed by atoms with Crippen molar-refractivity contribution in [1.29, 1.82) is 0 Å². The molecule has 1 aromatic rings. The molecule has 0 unspecified atom stereocenters. The second kappa shape index (κ2) is 4.63. The fourth-order valence-electron chi connectivity index (χ4n) is 1.01. The predicted octanol–water partition coefficient (Wildman–Crippen LogP) is 4.20. The van der Waals surface area contributed by atoms with E-state index in [1.54, 1.807) is 0 Å². The first-order chi connectivity index (χ1) is 7.20. The average Bonchev–Trinajstić information content (AvgIpc) is 2.07. The molecule has 0 aliphatic rings. The lowest BCUT2D eigenvalue weighted by atomic mass is 10.1. The van der Waals surface area contributed by atoms with E-state index in [9.17, 15) is 18.0 Å². The van der Waals surface area contributed by atoms with Crippen LogP contribution in [0, 0.1) is 0 Å². The third-order valence-corrected chi connectivity index (χ3v) is 2.88. The molecule has 0 fully saturated rings. The Kier molecular flexibility index (Phi) is 3.85. The van der Waals surface area contributed by atoms with Crippen LogP contribution in [0.4, 0.5) is 13.2 Å². The molecule has 0 saturated heterocycles. The summed E-state index contributed by atoms with van der Waals surface area (Å²) in [4.78, 5) is 11.1. The average molecular weight is 317 g/mol. The van der Waals surface area contributed by atoms with Crippen LogP contribution in [0.2, 0.25) is 5.02 Å². The minimum Gasteiger partial charge on any atom is -0.406 e. The Morgan fingerprint density at radius 3 is 2.44 bits per heavy atom. The standard InChI is InChI=1S/C9H5BrClF3O2/c1-4(15)6-2-5(16-9(12,13)14)3-7(10)8(6)11/h2-3H,1H3. The van der Waals surface area contributed by atoms with Crippen LogP contribution in [0.25, 0.3) is 0 Å². The molecule has 0 aliphatic heterocycles. The topological polar surface area (TPSA) is 26.3 Å². The van der Waals surface area contributed by atoms with E-state index in [1.807, 2.05) is 0 Å². The summed E-state index contributed by atoms with van der Waals surface area (Å²) >= 11 is 8.67. The van der Waals surface area contributed by atoms with E-state index < -0.39 is 17.9 Å². The normalized spacial score (nSPS) is 11.4. The number of halogens is 5. The summed E-state index contributed by atoms with van der Waals surface area (Å²) in [5.41, 5.74) is -0.0321. The van der Waals surface area contributed by atoms with Gasteiger partial charge in [0.25, 0.3) is 0 Å². The Balaban J connectivity index is 3.19. The van der Waals surface area contributed by atoms with E-state index in [0.717, 1.165) is 12.1 Å². The van der Waals surface area contributed by atoms with Crippen LogP contribution in [0.1, 0.15) is 17.3 Å². The van der Waals surface area contributed by atoms with Gasteiger partial charge in [0.2, 0.25) is 0 Å². The molecular formula is C9H5BrClF3O2. The van der Waals surface area contributed by atoms with Crippen molar-refractivity contribution in [1.82, 2.24) is 0 Å². The molecule has 0 aliphatic carbocycles. The maximum atomic E-state index is 12.0. The summed E-state index contributed by atoms with van der Waals surface area (Å²) in [5, 5.41) is 0.0574. The van der Waals surface area contributed by atoms with Crippen molar-refractivity contribution in [3.8, 4) is 5.75 Å². The molecule has 1 rings (SSSR count). The predicted molar refractivity (Wildman–Crippen MR) is 55.8 cm³/mol. The van der Waals surface area contributed by atoms with Gasteiger partial charge in [0, 0.05) is 10.0 Å². The smallest absolute Gasteiger partial charge is 0.406 e. The summed E-state index contributed by atoms with van der Waals surface area (Å²) in [6, 6.07) is 1.99. The van der Waals surface area contributed by atoms with Gasteiger partial charge in [0.1, 0.15) is 5.75 Å². The second-order valence-corrected chi connectivity index (χ2v) is 4.10. The van der Waals surface area contributed by atoms with Crippen molar-refractivity contribution in [3.63, 3.8) is 0 Å². The molecule has 2 nitrogen and oxygen atoms in total. The molecule has 0 spiro atoms. The van der Waals surface area contributed by atoms with E-state index in [2.05, 4.69) is 20.7 Å². The van der Waals surface area contributed by atoms with Gasteiger partial charge in [0.05, 0.1) is 5.02 Å². The van der Waals surface area contributed by atoms with Crippen LogP contribution in [-0.4, -0.2) is 12.1 Å². The molecule has 0 N–H and O–H groups in total. The molecule has 0 amide bonds. The van der Waals surface area contributed by atoms with Crippen molar-refractivity contribution in [2.45, 2.75) is 13.3 Å². The zero-order valence-corrected chi connectivity index (χ0v) is 10.2. The fourth-order valence-corrected chi connectivity index (χ4v) is 1.69. The number of carbonyl (C=O) groups excluding carboxylic acids is 1. The molecule has 88 valence electrons. The van der Waals surface area contributed by atoms with Gasteiger partial charge in [-0.15, -0.1) is 13.2 Å². The van der Waals surface area contributed by atoms with E-state index in [-0.39, 0.29) is 15.1 Å². The van der Waals surface area contributed by atoms with E-state index in [0.29, 0.717) is 0 Å². The summed E-state index contributed by atoms with van der Waals surface area (Å²) in [5.74, 6) is -0.938. The van der Waals surface area contributed by atoms with Gasteiger partial charge in [0.15, 0.2) is 5.78 Å². The highest BCUT2D eigenvalue weighted by Gasteiger charge is 2.31. The Bertz CT molecular complexity index is 431. The first kappa shape index (κ1) is 13.3. The molecular weight excluding hydrogens is 312 g/mol. The number of hydrogen-bond acceptors (Lipinski definition) is 2. The van der Waals surface area contributed by atoms with Gasteiger partial charge < -0.3 is 4.74 Å². The third kappa shape index (κ3) is 3.38.